The van der Waals surface area contributed by atoms with Gasteiger partial charge in [0.1, 0.15) is 0 Å². The second kappa shape index (κ2) is 11.0. The maximum Gasteiger partial charge on any atom is 0.0593 e. The van der Waals surface area contributed by atoms with Crippen molar-refractivity contribution in [3.63, 3.8) is 0 Å². The van der Waals surface area contributed by atoms with Crippen molar-refractivity contribution in [1.82, 2.24) is 10.2 Å². The summed E-state index contributed by atoms with van der Waals surface area (Å²) in [5.41, 5.74) is 1.31. The summed E-state index contributed by atoms with van der Waals surface area (Å²) in [4.78, 5) is 2.44. The minimum absolute atomic E-state index is 0.383. The summed E-state index contributed by atoms with van der Waals surface area (Å²) in [6, 6.07) is 8.55. The molecule has 3 nitrogen and oxygen atoms in total. The molecule has 1 unspecified atom stereocenters. The molecule has 0 saturated heterocycles. The zero-order valence-corrected chi connectivity index (χ0v) is 14.3. The van der Waals surface area contributed by atoms with Crippen LogP contribution in [0, 0.1) is 0 Å². The summed E-state index contributed by atoms with van der Waals surface area (Å²) in [5, 5.41) is 4.36. The van der Waals surface area contributed by atoms with Crippen molar-refractivity contribution in [3.05, 3.63) is 34.9 Å². The second-order valence-corrected chi connectivity index (χ2v) is 5.52. The maximum atomic E-state index is 5.97. The Morgan fingerprint density at radius 2 is 1.86 bits per heavy atom. The molecule has 0 bridgehead atoms. The highest BCUT2D eigenvalue weighted by Crippen LogP contribution is 2.19. The molecule has 1 aromatic rings. The van der Waals surface area contributed by atoms with Gasteiger partial charge in [-0.15, -0.1) is 0 Å². The van der Waals surface area contributed by atoms with E-state index in [-0.39, 0.29) is 0 Å². The third kappa shape index (κ3) is 7.28. The van der Waals surface area contributed by atoms with Crippen molar-refractivity contribution in [2.75, 3.05) is 39.4 Å². The van der Waals surface area contributed by atoms with E-state index in [0.717, 1.165) is 50.8 Å². The van der Waals surface area contributed by atoms with Crippen LogP contribution < -0.4 is 5.32 Å². The van der Waals surface area contributed by atoms with E-state index in [2.05, 4.69) is 36.2 Å². The number of hydrogen-bond acceptors (Lipinski definition) is 3. The molecule has 0 heterocycles. The molecule has 0 aliphatic heterocycles. The first-order chi connectivity index (χ1) is 10.2. The Morgan fingerprint density at radius 3 is 2.43 bits per heavy atom. The molecule has 0 spiro atoms. The van der Waals surface area contributed by atoms with Gasteiger partial charge in [-0.2, -0.15) is 0 Å². The topological polar surface area (TPSA) is 24.5 Å². The van der Waals surface area contributed by atoms with E-state index in [1.165, 1.54) is 5.56 Å². The highest BCUT2D eigenvalue weighted by molar-refractivity contribution is 6.30. The first-order valence-corrected chi connectivity index (χ1v) is 8.37. The lowest BCUT2D eigenvalue weighted by atomic mass is 10.0. The molecule has 120 valence electrons. The van der Waals surface area contributed by atoms with Gasteiger partial charge in [-0.1, -0.05) is 37.6 Å². The van der Waals surface area contributed by atoms with Crippen LogP contribution in [0.25, 0.3) is 0 Å². The Kier molecular flexibility index (Phi) is 9.68. The summed E-state index contributed by atoms with van der Waals surface area (Å²) in [7, 11) is 0. The molecule has 4 heteroatoms. The molecule has 0 aliphatic carbocycles. The standard InChI is InChI=1S/C17H29ClN2O/c1-4-19-17(15-7-9-16(18)10-8-15)11-12-20(5-2)13-14-21-6-3/h7-10,17,19H,4-6,11-14H2,1-3H3. The largest absolute Gasteiger partial charge is 0.380 e. The van der Waals surface area contributed by atoms with Gasteiger partial charge in [0.25, 0.3) is 0 Å². The normalized spacial score (nSPS) is 12.8. The summed E-state index contributed by atoms with van der Waals surface area (Å²) in [6.07, 6.45) is 1.09. The molecule has 0 aliphatic rings. The van der Waals surface area contributed by atoms with Crippen LogP contribution in [-0.4, -0.2) is 44.3 Å². The monoisotopic (exact) mass is 312 g/mol. The Hall–Kier alpha value is -0.610. The number of rotatable bonds is 11. The SMILES string of the molecule is CCNC(CCN(CC)CCOCC)c1ccc(Cl)cc1. The number of ether oxygens (including phenoxy) is 1. The van der Waals surface area contributed by atoms with Crippen molar-refractivity contribution in [3.8, 4) is 0 Å². The van der Waals surface area contributed by atoms with Gasteiger partial charge in [-0.3, -0.25) is 0 Å². The third-order valence-corrected chi connectivity index (χ3v) is 3.91. The Labute approximate surface area is 134 Å². The Bertz CT molecular complexity index is 370. The van der Waals surface area contributed by atoms with Crippen LogP contribution in [0.1, 0.15) is 38.8 Å². The van der Waals surface area contributed by atoms with Crippen LogP contribution in [0.3, 0.4) is 0 Å². The van der Waals surface area contributed by atoms with Crippen LogP contribution >= 0.6 is 11.6 Å². The van der Waals surface area contributed by atoms with Crippen molar-refractivity contribution >= 4 is 11.6 Å². The molecule has 0 amide bonds. The lowest BCUT2D eigenvalue weighted by Crippen LogP contribution is -2.32. The molecular formula is C17H29ClN2O. The van der Waals surface area contributed by atoms with E-state index in [0.29, 0.717) is 6.04 Å². The van der Waals surface area contributed by atoms with Gasteiger partial charge in [-0.25, -0.2) is 0 Å². The third-order valence-electron chi connectivity index (χ3n) is 3.66. The predicted molar refractivity (Wildman–Crippen MR) is 91.1 cm³/mol. The van der Waals surface area contributed by atoms with Gasteiger partial charge < -0.3 is 15.0 Å². The molecule has 0 radical (unpaired) electrons. The minimum atomic E-state index is 0.383. The van der Waals surface area contributed by atoms with E-state index in [1.54, 1.807) is 0 Å². The quantitative estimate of drug-likeness (QED) is 0.630. The fraction of sp³-hybridized carbons (Fsp3) is 0.647. The van der Waals surface area contributed by atoms with Crippen LogP contribution in [0.4, 0.5) is 0 Å². The number of likely N-dealkylation sites (N-methyl/N-ethyl adjacent to an activating group) is 1. The number of nitrogens with zero attached hydrogens (tertiary/aromatic N) is 1. The van der Waals surface area contributed by atoms with E-state index in [4.69, 9.17) is 16.3 Å². The van der Waals surface area contributed by atoms with Crippen LogP contribution in [0.5, 0.6) is 0 Å². The first kappa shape index (κ1) is 18.4. The Morgan fingerprint density at radius 1 is 1.14 bits per heavy atom. The summed E-state index contributed by atoms with van der Waals surface area (Å²) in [6.45, 7) is 12.1. The van der Waals surface area contributed by atoms with Crippen molar-refractivity contribution in [2.45, 2.75) is 33.2 Å². The van der Waals surface area contributed by atoms with Gasteiger partial charge in [0.15, 0.2) is 0 Å². The van der Waals surface area contributed by atoms with E-state index in [9.17, 15) is 0 Å². The van der Waals surface area contributed by atoms with Crippen molar-refractivity contribution < 1.29 is 4.74 Å². The minimum Gasteiger partial charge on any atom is -0.380 e. The predicted octanol–water partition coefficient (Wildman–Crippen LogP) is 3.74. The summed E-state index contributed by atoms with van der Waals surface area (Å²) < 4.78 is 5.45. The zero-order valence-electron chi connectivity index (χ0n) is 13.6. The number of benzene rings is 1. The number of halogens is 1. The van der Waals surface area contributed by atoms with Crippen LogP contribution in [0.2, 0.25) is 5.02 Å². The first-order valence-electron chi connectivity index (χ1n) is 8.00. The molecule has 1 atom stereocenters. The van der Waals surface area contributed by atoms with Gasteiger partial charge >= 0.3 is 0 Å². The molecule has 21 heavy (non-hydrogen) atoms. The summed E-state index contributed by atoms with van der Waals surface area (Å²) in [5.74, 6) is 0. The lowest BCUT2D eigenvalue weighted by molar-refractivity contribution is 0.113. The van der Waals surface area contributed by atoms with Crippen molar-refractivity contribution in [2.24, 2.45) is 0 Å². The highest BCUT2D eigenvalue weighted by atomic mass is 35.5. The maximum absolute atomic E-state index is 5.97. The van der Waals surface area contributed by atoms with Gasteiger partial charge in [0, 0.05) is 30.8 Å². The molecule has 0 saturated carbocycles. The van der Waals surface area contributed by atoms with Gasteiger partial charge in [0.05, 0.1) is 6.61 Å². The van der Waals surface area contributed by atoms with E-state index < -0.39 is 0 Å². The number of nitrogens with one attached hydrogen (secondary N) is 1. The molecule has 0 aromatic heterocycles. The Balaban J connectivity index is 2.51. The summed E-state index contributed by atoms with van der Waals surface area (Å²) >= 11 is 5.97. The molecule has 1 N–H and O–H groups in total. The van der Waals surface area contributed by atoms with Gasteiger partial charge in [0.2, 0.25) is 0 Å². The average molecular weight is 313 g/mol. The highest BCUT2D eigenvalue weighted by Gasteiger charge is 2.12. The fourth-order valence-electron chi connectivity index (χ4n) is 2.41. The fourth-order valence-corrected chi connectivity index (χ4v) is 2.53. The van der Waals surface area contributed by atoms with Gasteiger partial charge in [-0.05, 0) is 44.1 Å². The van der Waals surface area contributed by atoms with Crippen molar-refractivity contribution in [1.29, 1.82) is 0 Å². The van der Waals surface area contributed by atoms with E-state index >= 15 is 0 Å². The second-order valence-electron chi connectivity index (χ2n) is 5.08. The number of hydrogen-bond donors (Lipinski definition) is 1. The molecule has 0 fully saturated rings. The average Bonchev–Trinajstić information content (AvgIpc) is 2.50. The van der Waals surface area contributed by atoms with Crippen LogP contribution in [-0.2, 0) is 4.74 Å². The zero-order chi connectivity index (χ0) is 15.5. The van der Waals surface area contributed by atoms with Crippen LogP contribution in [0.15, 0.2) is 24.3 Å². The molecule has 1 rings (SSSR count). The molecular weight excluding hydrogens is 284 g/mol. The van der Waals surface area contributed by atoms with E-state index in [1.807, 2.05) is 19.1 Å². The molecule has 1 aromatic carbocycles. The lowest BCUT2D eigenvalue weighted by Gasteiger charge is -2.24. The smallest absolute Gasteiger partial charge is 0.0593 e.